The van der Waals surface area contributed by atoms with Gasteiger partial charge in [0.1, 0.15) is 0 Å². The largest absolute Gasteiger partial charge is 0.462 e. The molecule has 0 fully saturated rings. The van der Waals surface area contributed by atoms with Gasteiger partial charge in [-0.05, 0) is 43.3 Å². The maximum atomic E-state index is 12.2. The number of nitrogens with zero attached hydrogens (tertiary/aromatic N) is 1. The quantitative estimate of drug-likeness (QED) is 0.793. The maximum Gasteiger partial charge on any atom is 0.338 e. The highest BCUT2D eigenvalue weighted by Crippen LogP contribution is 2.13. The zero-order chi connectivity index (χ0) is 17.4. The first-order chi connectivity index (χ1) is 11.6. The highest BCUT2D eigenvalue weighted by atomic mass is 16.5. The number of carbonyl (C=O) groups is 2. The summed E-state index contributed by atoms with van der Waals surface area (Å²) >= 11 is 0. The highest BCUT2D eigenvalue weighted by molar-refractivity contribution is 5.93. The topological polar surface area (TPSA) is 58.6 Å². The van der Waals surface area contributed by atoms with Gasteiger partial charge in [-0.3, -0.25) is 4.79 Å². The molecule has 126 valence electrons. The summed E-state index contributed by atoms with van der Waals surface area (Å²) in [5.74, 6) is -0.291. The first-order valence-electron chi connectivity index (χ1n) is 7.94. The van der Waals surface area contributed by atoms with Crippen molar-refractivity contribution in [1.29, 1.82) is 0 Å². The fourth-order valence-corrected chi connectivity index (χ4v) is 2.22. The van der Waals surface area contributed by atoms with Crippen LogP contribution in [0.25, 0.3) is 0 Å². The number of ether oxygens (including phenoxy) is 1. The van der Waals surface area contributed by atoms with E-state index in [2.05, 4.69) is 5.32 Å². The summed E-state index contributed by atoms with van der Waals surface area (Å²) in [7, 11) is 1.77. The average molecular weight is 326 g/mol. The molecule has 5 nitrogen and oxygen atoms in total. The number of carbonyl (C=O) groups excluding carboxylic acids is 2. The molecule has 2 rings (SSSR count). The molecule has 2 aromatic rings. The number of amides is 1. The summed E-state index contributed by atoms with van der Waals surface area (Å²) in [4.78, 5) is 25.4. The van der Waals surface area contributed by atoms with Crippen molar-refractivity contribution in [1.82, 2.24) is 0 Å². The van der Waals surface area contributed by atoms with E-state index in [1.807, 2.05) is 30.3 Å². The molecule has 5 heteroatoms. The molecule has 0 unspecified atom stereocenters. The van der Waals surface area contributed by atoms with Crippen molar-refractivity contribution in [2.24, 2.45) is 0 Å². The van der Waals surface area contributed by atoms with Gasteiger partial charge in [0.2, 0.25) is 5.91 Å². The van der Waals surface area contributed by atoms with Crippen LogP contribution in [-0.4, -0.2) is 32.1 Å². The van der Waals surface area contributed by atoms with Crippen LogP contribution >= 0.6 is 0 Å². The van der Waals surface area contributed by atoms with Crippen molar-refractivity contribution in [3.05, 3.63) is 60.2 Å². The van der Waals surface area contributed by atoms with Crippen LogP contribution in [0, 0.1) is 0 Å². The zero-order valence-electron chi connectivity index (χ0n) is 14.0. The number of esters is 1. The second-order valence-electron chi connectivity index (χ2n) is 5.26. The van der Waals surface area contributed by atoms with Crippen molar-refractivity contribution in [3.8, 4) is 0 Å². The molecule has 0 aliphatic rings. The Morgan fingerprint density at radius 2 is 1.71 bits per heavy atom. The van der Waals surface area contributed by atoms with Crippen molar-refractivity contribution in [2.75, 3.05) is 30.4 Å². The molecule has 0 aromatic heterocycles. The summed E-state index contributed by atoms with van der Waals surface area (Å²) in [6.07, 6.45) is 0.380. The van der Waals surface area contributed by atoms with Crippen LogP contribution in [0.15, 0.2) is 54.6 Å². The Kier molecular flexibility index (Phi) is 6.37. The number of hydrogen-bond acceptors (Lipinski definition) is 4. The van der Waals surface area contributed by atoms with Crippen molar-refractivity contribution in [3.63, 3.8) is 0 Å². The lowest BCUT2D eigenvalue weighted by atomic mass is 10.2. The van der Waals surface area contributed by atoms with Crippen molar-refractivity contribution in [2.45, 2.75) is 13.3 Å². The lowest BCUT2D eigenvalue weighted by Gasteiger charge is -2.17. The first-order valence-corrected chi connectivity index (χ1v) is 7.94. The molecule has 0 atom stereocenters. The van der Waals surface area contributed by atoms with Gasteiger partial charge < -0.3 is 15.0 Å². The van der Waals surface area contributed by atoms with E-state index in [4.69, 9.17) is 4.74 Å². The van der Waals surface area contributed by atoms with E-state index in [0.717, 1.165) is 11.4 Å². The number of benzene rings is 2. The van der Waals surface area contributed by atoms with E-state index in [1.54, 1.807) is 43.1 Å². The Hall–Kier alpha value is -2.82. The van der Waals surface area contributed by atoms with Crippen LogP contribution in [-0.2, 0) is 9.53 Å². The first kappa shape index (κ1) is 17.5. The van der Waals surface area contributed by atoms with Gasteiger partial charge in [0.25, 0.3) is 0 Å². The summed E-state index contributed by atoms with van der Waals surface area (Å²) in [5, 5.41) is 3.18. The number of nitrogens with one attached hydrogen (secondary N) is 1. The van der Waals surface area contributed by atoms with Crippen molar-refractivity contribution < 1.29 is 14.3 Å². The van der Waals surface area contributed by atoms with Gasteiger partial charge in [-0.15, -0.1) is 0 Å². The monoisotopic (exact) mass is 326 g/mol. The lowest BCUT2D eigenvalue weighted by molar-refractivity contribution is -0.118. The lowest BCUT2D eigenvalue weighted by Crippen LogP contribution is -2.27. The molecule has 0 spiro atoms. The van der Waals surface area contributed by atoms with Gasteiger partial charge in [0.05, 0.1) is 12.2 Å². The summed E-state index contributed by atoms with van der Waals surface area (Å²) in [6, 6.07) is 16.6. The Bertz CT molecular complexity index is 669. The smallest absolute Gasteiger partial charge is 0.338 e. The molecule has 0 aliphatic heterocycles. The number of hydrogen-bond donors (Lipinski definition) is 1. The fourth-order valence-electron chi connectivity index (χ4n) is 2.22. The van der Waals surface area contributed by atoms with Crippen LogP contribution < -0.4 is 10.2 Å². The third-order valence-electron chi connectivity index (χ3n) is 3.58. The molecule has 0 saturated heterocycles. The molecule has 24 heavy (non-hydrogen) atoms. The van der Waals surface area contributed by atoms with Gasteiger partial charge in [-0.25, -0.2) is 4.79 Å². The molecule has 0 heterocycles. The zero-order valence-corrected chi connectivity index (χ0v) is 14.0. The number of rotatable bonds is 7. The average Bonchev–Trinajstić information content (AvgIpc) is 2.62. The van der Waals surface area contributed by atoms with E-state index >= 15 is 0 Å². The maximum absolute atomic E-state index is 12.2. The second-order valence-corrected chi connectivity index (χ2v) is 5.26. The third kappa shape index (κ3) is 4.84. The van der Waals surface area contributed by atoms with E-state index in [0.29, 0.717) is 25.1 Å². The molecular weight excluding hydrogens is 304 g/mol. The molecule has 1 amide bonds. The summed E-state index contributed by atoms with van der Waals surface area (Å²) in [5.41, 5.74) is 2.25. The molecular formula is C19H22N2O3. The van der Waals surface area contributed by atoms with E-state index in [9.17, 15) is 9.59 Å². The van der Waals surface area contributed by atoms with Crippen LogP contribution in [0.2, 0.25) is 0 Å². The minimum atomic E-state index is -0.330. The molecule has 0 saturated carbocycles. The van der Waals surface area contributed by atoms with Crippen LogP contribution in [0.1, 0.15) is 23.7 Å². The van der Waals surface area contributed by atoms with Gasteiger partial charge in [-0.1, -0.05) is 18.2 Å². The summed E-state index contributed by atoms with van der Waals surface area (Å²) in [6.45, 7) is 2.65. The van der Waals surface area contributed by atoms with Crippen LogP contribution in [0.3, 0.4) is 0 Å². The number of anilines is 2. The van der Waals surface area contributed by atoms with Crippen molar-refractivity contribution >= 4 is 23.3 Å². The van der Waals surface area contributed by atoms with Crippen LogP contribution in [0.4, 0.5) is 11.4 Å². The fraction of sp³-hybridized carbons (Fsp3) is 0.263. The molecule has 0 bridgehead atoms. The Balaban J connectivity index is 1.81. The predicted octanol–water partition coefficient (Wildman–Crippen LogP) is 3.33. The van der Waals surface area contributed by atoms with E-state index in [1.165, 1.54) is 0 Å². The Morgan fingerprint density at radius 1 is 1.04 bits per heavy atom. The normalized spacial score (nSPS) is 10.1. The van der Waals surface area contributed by atoms with Gasteiger partial charge in [0, 0.05) is 31.4 Å². The molecule has 0 radical (unpaired) electrons. The van der Waals surface area contributed by atoms with Crippen LogP contribution in [0.5, 0.6) is 0 Å². The van der Waals surface area contributed by atoms with E-state index < -0.39 is 0 Å². The minimum absolute atomic E-state index is 0.0387. The van der Waals surface area contributed by atoms with Gasteiger partial charge in [-0.2, -0.15) is 0 Å². The molecule has 0 aliphatic carbocycles. The summed E-state index contributed by atoms with van der Waals surface area (Å²) < 4.78 is 4.94. The van der Waals surface area contributed by atoms with Gasteiger partial charge >= 0.3 is 5.97 Å². The minimum Gasteiger partial charge on any atom is -0.462 e. The second kappa shape index (κ2) is 8.72. The molecule has 2 aromatic carbocycles. The van der Waals surface area contributed by atoms with E-state index in [-0.39, 0.29) is 11.9 Å². The third-order valence-corrected chi connectivity index (χ3v) is 3.58. The standard InChI is InChI=1S/C19H22N2O3/c1-3-24-19(23)15-9-11-16(12-10-15)20-14-13-18(22)21(2)17-7-5-4-6-8-17/h4-12,20H,3,13-14H2,1-2H3. The predicted molar refractivity (Wildman–Crippen MR) is 95.4 cm³/mol. The Morgan fingerprint density at radius 3 is 2.33 bits per heavy atom. The number of para-hydroxylation sites is 1. The Labute approximate surface area is 142 Å². The molecule has 1 N–H and O–H groups in total. The SMILES string of the molecule is CCOC(=O)c1ccc(NCCC(=O)N(C)c2ccccc2)cc1. The van der Waals surface area contributed by atoms with Gasteiger partial charge in [0.15, 0.2) is 0 Å². The highest BCUT2D eigenvalue weighted by Gasteiger charge is 2.10.